The van der Waals surface area contributed by atoms with Crippen molar-refractivity contribution >= 4 is 11.8 Å². The summed E-state index contributed by atoms with van der Waals surface area (Å²) in [5, 5.41) is 12.5. The molecule has 1 aromatic carbocycles. The number of hydrogen-bond donors (Lipinski definition) is 2. The molecule has 0 bridgehead atoms. The number of aliphatic hydroxyl groups is 1. The minimum absolute atomic E-state index is 0.0793. The Morgan fingerprint density at radius 2 is 1.74 bits per heavy atom. The predicted molar refractivity (Wildman–Crippen MR) is 124 cm³/mol. The lowest BCUT2D eigenvalue weighted by atomic mass is 9.67. The maximum absolute atomic E-state index is 13.2. The number of nitrogens with one attached hydrogen (secondary N) is 1. The Morgan fingerprint density at radius 1 is 1.09 bits per heavy atom. The third-order valence-corrected chi connectivity index (χ3v) is 7.25. The highest BCUT2D eigenvalue weighted by atomic mass is 16.6. The van der Waals surface area contributed by atoms with Crippen LogP contribution in [0.5, 0.6) is 23.0 Å². The number of ether oxygens (including phenoxy) is 4. The molecule has 2 amide bonds. The molecular weight excluding hydrogens is 440 g/mol. The minimum Gasteiger partial charge on any atom is -0.493 e. The molecule has 1 aliphatic carbocycles. The molecule has 2 heterocycles. The number of rotatable bonds is 9. The fraction of sp³-hybridized carbons (Fsp3) is 0.680. The van der Waals surface area contributed by atoms with E-state index in [1.54, 1.807) is 26.4 Å². The average molecular weight is 477 g/mol. The molecule has 2 aliphatic heterocycles. The van der Waals surface area contributed by atoms with E-state index < -0.39 is 6.17 Å². The lowest BCUT2D eigenvalue weighted by molar-refractivity contribution is -0.159. The second kappa shape index (κ2) is 10.8. The zero-order valence-corrected chi connectivity index (χ0v) is 20.1. The first-order valence-corrected chi connectivity index (χ1v) is 12.2. The average Bonchev–Trinajstić information content (AvgIpc) is 2.84. The van der Waals surface area contributed by atoms with Crippen molar-refractivity contribution in [1.82, 2.24) is 10.2 Å². The van der Waals surface area contributed by atoms with Gasteiger partial charge in [-0.15, -0.1) is 0 Å². The van der Waals surface area contributed by atoms with Crippen LogP contribution in [0.3, 0.4) is 0 Å². The van der Waals surface area contributed by atoms with Gasteiger partial charge in [0.15, 0.2) is 11.5 Å². The fourth-order valence-electron chi connectivity index (χ4n) is 5.53. The molecular formula is C25H36N2O7. The molecule has 2 unspecified atom stereocenters. The number of piperidine rings is 1. The number of benzene rings is 1. The number of hydrogen-bond acceptors (Lipinski definition) is 8. The summed E-state index contributed by atoms with van der Waals surface area (Å²) < 4.78 is 22.9. The lowest BCUT2D eigenvalue weighted by Crippen LogP contribution is -2.57. The van der Waals surface area contributed by atoms with Crippen LogP contribution in [0.15, 0.2) is 12.1 Å². The molecule has 0 aromatic heterocycles. The minimum atomic E-state index is -0.495. The molecule has 1 saturated heterocycles. The Hall–Kier alpha value is -2.52. The molecule has 2 atom stereocenters. The number of likely N-dealkylation sites (tertiary alicyclic amines) is 1. The highest BCUT2D eigenvalue weighted by Crippen LogP contribution is 2.48. The summed E-state index contributed by atoms with van der Waals surface area (Å²) >= 11 is 0. The standard InChI is InChI=1S/C25H36N2O7/c1-31-18-7-8-19(32-2)24-23(18)33-16-17(34-24)6-9-20(26-12-13-28)27-21(29)14-25(15-22(27)30)10-4-3-5-11-25/h7-8,17,20,26,28H,3-6,9-16H2,1-2H3. The van der Waals surface area contributed by atoms with Gasteiger partial charge in [0, 0.05) is 19.4 Å². The van der Waals surface area contributed by atoms with Gasteiger partial charge in [0.05, 0.1) is 27.0 Å². The largest absolute Gasteiger partial charge is 0.493 e. The first kappa shape index (κ1) is 24.6. The fourth-order valence-corrected chi connectivity index (χ4v) is 5.53. The van der Waals surface area contributed by atoms with Crippen LogP contribution in [0.2, 0.25) is 0 Å². The molecule has 3 aliphatic rings. The monoisotopic (exact) mass is 476 g/mol. The number of methoxy groups -OCH3 is 2. The van der Waals surface area contributed by atoms with Gasteiger partial charge in [-0.25, -0.2) is 0 Å². The van der Waals surface area contributed by atoms with Gasteiger partial charge in [-0.1, -0.05) is 19.3 Å². The molecule has 188 valence electrons. The van der Waals surface area contributed by atoms with Crippen molar-refractivity contribution in [2.45, 2.75) is 70.1 Å². The van der Waals surface area contributed by atoms with E-state index in [9.17, 15) is 14.7 Å². The molecule has 0 radical (unpaired) electrons. The first-order chi connectivity index (χ1) is 16.5. The Kier molecular flexibility index (Phi) is 7.83. The normalized spacial score (nSPS) is 22.6. The Bertz CT molecular complexity index is 864. The van der Waals surface area contributed by atoms with E-state index in [1.807, 2.05) is 0 Å². The molecule has 1 spiro atoms. The Morgan fingerprint density at radius 3 is 2.35 bits per heavy atom. The van der Waals surface area contributed by atoms with Gasteiger partial charge in [0.2, 0.25) is 23.3 Å². The van der Waals surface area contributed by atoms with Crippen LogP contribution < -0.4 is 24.3 Å². The molecule has 9 nitrogen and oxygen atoms in total. The van der Waals surface area contributed by atoms with Crippen molar-refractivity contribution in [1.29, 1.82) is 0 Å². The second-order valence-corrected chi connectivity index (χ2v) is 9.52. The SMILES string of the molecule is COc1ccc(OC)c2c1OCC(CCC(NCCO)N1C(=O)CC3(CCCCC3)CC1=O)O2. The maximum atomic E-state index is 13.2. The van der Waals surface area contributed by atoms with Gasteiger partial charge in [-0.2, -0.15) is 0 Å². The number of fused-ring (bicyclic) bond motifs is 1. The molecule has 1 aromatic rings. The van der Waals surface area contributed by atoms with E-state index >= 15 is 0 Å². The van der Waals surface area contributed by atoms with Crippen molar-refractivity contribution in [3.05, 3.63) is 12.1 Å². The van der Waals surface area contributed by atoms with Crippen LogP contribution in [-0.4, -0.2) is 68.1 Å². The summed E-state index contributed by atoms with van der Waals surface area (Å²) in [4.78, 5) is 27.7. The highest BCUT2D eigenvalue weighted by molar-refractivity contribution is 5.98. The lowest BCUT2D eigenvalue weighted by Gasteiger charge is -2.44. The van der Waals surface area contributed by atoms with E-state index in [4.69, 9.17) is 18.9 Å². The van der Waals surface area contributed by atoms with Crippen molar-refractivity contribution in [2.75, 3.05) is 34.0 Å². The summed E-state index contributed by atoms with van der Waals surface area (Å²) in [6, 6.07) is 3.53. The second-order valence-electron chi connectivity index (χ2n) is 9.52. The van der Waals surface area contributed by atoms with Gasteiger partial charge < -0.3 is 24.1 Å². The predicted octanol–water partition coefficient (Wildman–Crippen LogP) is 2.63. The third kappa shape index (κ3) is 5.10. The number of carbonyl (C=O) groups excluding carboxylic acids is 2. The number of aliphatic hydroxyl groups excluding tert-OH is 1. The van der Waals surface area contributed by atoms with E-state index in [0.29, 0.717) is 61.8 Å². The zero-order chi connectivity index (χ0) is 24.1. The molecule has 9 heteroatoms. The third-order valence-electron chi connectivity index (χ3n) is 7.25. The number of nitrogens with zero attached hydrogens (tertiary/aromatic N) is 1. The van der Waals surface area contributed by atoms with Crippen LogP contribution in [0.25, 0.3) is 0 Å². The molecule has 2 N–H and O–H groups in total. The smallest absolute Gasteiger partial charge is 0.231 e. The number of carbonyl (C=O) groups is 2. The van der Waals surface area contributed by atoms with Crippen LogP contribution in [0.1, 0.15) is 57.8 Å². The molecule has 2 fully saturated rings. The quantitative estimate of drug-likeness (QED) is 0.524. The first-order valence-electron chi connectivity index (χ1n) is 12.2. The van der Waals surface area contributed by atoms with Crippen LogP contribution in [0, 0.1) is 5.41 Å². The summed E-state index contributed by atoms with van der Waals surface area (Å²) in [5.41, 5.74) is -0.163. The van der Waals surface area contributed by atoms with E-state index in [0.717, 1.165) is 25.7 Å². The molecule has 1 saturated carbocycles. The van der Waals surface area contributed by atoms with Crippen molar-refractivity contribution in [2.24, 2.45) is 5.41 Å². The zero-order valence-electron chi connectivity index (χ0n) is 20.1. The summed E-state index contributed by atoms with van der Waals surface area (Å²) in [5.74, 6) is 1.87. The highest BCUT2D eigenvalue weighted by Gasteiger charge is 2.46. The van der Waals surface area contributed by atoms with E-state index in [2.05, 4.69) is 5.32 Å². The van der Waals surface area contributed by atoms with Crippen LogP contribution in [-0.2, 0) is 9.59 Å². The van der Waals surface area contributed by atoms with Crippen LogP contribution in [0.4, 0.5) is 0 Å². The molecule has 4 rings (SSSR count). The summed E-state index contributed by atoms with van der Waals surface area (Å²) in [6.45, 7) is 0.529. The van der Waals surface area contributed by atoms with Crippen molar-refractivity contribution in [3.8, 4) is 23.0 Å². The Labute approximate surface area is 200 Å². The van der Waals surface area contributed by atoms with Gasteiger partial charge in [0.25, 0.3) is 0 Å². The van der Waals surface area contributed by atoms with Gasteiger partial charge in [-0.05, 0) is 43.2 Å². The van der Waals surface area contributed by atoms with Crippen LogP contribution >= 0.6 is 0 Å². The van der Waals surface area contributed by atoms with Crippen molar-refractivity contribution in [3.63, 3.8) is 0 Å². The summed E-state index contributed by atoms with van der Waals surface area (Å²) in [6.07, 6.45) is 6.34. The van der Waals surface area contributed by atoms with Gasteiger partial charge in [0.1, 0.15) is 12.7 Å². The Balaban J connectivity index is 1.43. The number of amides is 2. The topological polar surface area (TPSA) is 107 Å². The van der Waals surface area contributed by atoms with Crippen molar-refractivity contribution < 1.29 is 33.6 Å². The van der Waals surface area contributed by atoms with E-state index in [1.165, 1.54) is 11.3 Å². The van der Waals surface area contributed by atoms with Gasteiger partial charge >= 0.3 is 0 Å². The van der Waals surface area contributed by atoms with E-state index in [-0.39, 0.29) is 29.9 Å². The molecule has 34 heavy (non-hydrogen) atoms. The maximum Gasteiger partial charge on any atom is 0.231 e. The van der Waals surface area contributed by atoms with Gasteiger partial charge in [-0.3, -0.25) is 19.8 Å². The number of imide groups is 1. The summed E-state index contributed by atoms with van der Waals surface area (Å²) in [7, 11) is 3.13.